The predicted octanol–water partition coefficient (Wildman–Crippen LogP) is 3.43. The van der Waals surface area contributed by atoms with Crippen LogP contribution in [-0.4, -0.2) is 47.2 Å². The van der Waals surface area contributed by atoms with Crippen LogP contribution >= 0.6 is 0 Å². The van der Waals surface area contributed by atoms with Gasteiger partial charge in [-0.3, -0.25) is 0 Å². The van der Waals surface area contributed by atoms with Crippen LogP contribution in [0.15, 0.2) is 36.5 Å². The van der Waals surface area contributed by atoms with E-state index in [4.69, 9.17) is 5.73 Å². The average Bonchev–Trinajstić information content (AvgIpc) is 2.80. The molecule has 2 aromatic heterocycles. The number of nitrogens with one attached hydrogen (secondary N) is 2. The van der Waals surface area contributed by atoms with Gasteiger partial charge in [0.1, 0.15) is 11.6 Å². The quantitative estimate of drug-likeness (QED) is 0.615. The topological polar surface area (TPSA) is 92.0 Å². The van der Waals surface area contributed by atoms with Crippen LogP contribution in [0.4, 0.5) is 17.6 Å². The Morgan fingerprint density at radius 2 is 1.77 bits per heavy atom. The largest absolute Gasteiger partial charge is 0.368 e. The summed E-state index contributed by atoms with van der Waals surface area (Å²) < 4.78 is 0. The molecule has 156 valence electrons. The van der Waals surface area contributed by atoms with E-state index in [9.17, 15) is 0 Å². The summed E-state index contributed by atoms with van der Waals surface area (Å²) in [6, 6.07) is 11.0. The third-order valence-electron chi connectivity index (χ3n) is 6.18. The number of fused-ring (bicyclic) bond motifs is 1. The molecule has 2 fully saturated rings. The number of nitrogen functional groups attached to an aromatic ring is 1. The van der Waals surface area contributed by atoms with Crippen LogP contribution in [-0.2, 0) is 0 Å². The van der Waals surface area contributed by atoms with Gasteiger partial charge in [0, 0.05) is 43.8 Å². The molecule has 3 heterocycles. The van der Waals surface area contributed by atoms with Crippen molar-refractivity contribution >= 4 is 28.5 Å². The van der Waals surface area contributed by atoms with E-state index in [0.29, 0.717) is 12.0 Å². The van der Waals surface area contributed by atoms with Crippen LogP contribution in [0.1, 0.15) is 32.1 Å². The summed E-state index contributed by atoms with van der Waals surface area (Å²) in [5.74, 6) is 2.20. The molecule has 1 saturated carbocycles. The summed E-state index contributed by atoms with van der Waals surface area (Å²) in [5.41, 5.74) is 9.17. The van der Waals surface area contributed by atoms with Gasteiger partial charge in [-0.1, -0.05) is 25.3 Å². The minimum Gasteiger partial charge on any atom is -0.368 e. The number of aromatic nitrogens is 3. The first-order chi connectivity index (χ1) is 14.8. The minimum absolute atomic E-state index is 0.318. The Labute approximate surface area is 177 Å². The number of nitrogens with zero attached hydrogens (tertiary/aromatic N) is 4. The number of nitrogens with two attached hydrogens (primary N) is 1. The lowest BCUT2D eigenvalue weighted by Crippen LogP contribution is -2.43. The van der Waals surface area contributed by atoms with Gasteiger partial charge in [0.15, 0.2) is 0 Å². The van der Waals surface area contributed by atoms with Gasteiger partial charge in [-0.2, -0.15) is 4.98 Å². The lowest BCUT2D eigenvalue weighted by Gasteiger charge is -2.28. The Bertz CT molecular complexity index is 1020. The van der Waals surface area contributed by atoms with E-state index in [0.717, 1.165) is 59.8 Å². The molecular formula is C23H29N7. The molecule has 1 aliphatic carbocycles. The number of hydrogen-bond donors (Lipinski definition) is 3. The molecule has 2 aliphatic rings. The highest BCUT2D eigenvalue weighted by Gasteiger charge is 2.17. The first kappa shape index (κ1) is 19.1. The number of hydrogen-bond acceptors (Lipinski definition) is 7. The normalized spacial score (nSPS) is 17.9. The fourth-order valence-corrected chi connectivity index (χ4v) is 4.54. The van der Waals surface area contributed by atoms with Gasteiger partial charge in [-0.15, -0.1) is 0 Å². The van der Waals surface area contributed by atoms with E-state index in [1.54, 1.807) is 0 Å². The van der Waals surface area contributed by atoms with Crippen LogP contribution in [0, 0.1) is 0 Å². The maximum Gasteiger partial charge on any atom is 0.222 e. The summed E-state index contributed by atoms with van der Waals surface area (Å²) in [6.07, 6.45) is 8.14. The van der Waals surface area contributed by atoms with Gasteiger partial charge >= 0.3 is 0 Å². The molecule has 0 atom stereocenters. The zero-order valence-corrected chi connectivity index (χ0v) is 17.3. The van der Waals surface area contributed by atoms with Gasteiger partial charge in [0.2, 0.25) is 5.95 Å². The number of benzene rings is 1. The molecule has 4 N–H and O–H groups in total. The van der Waals surface area contributed by atoms with E-state index < -0.39 is 0 Å². The molecule has 30 heavy (non-hydrogen) atoms. The molecule has 0 amide bonds. The Kier molecular flexibility index (Phi) is 5.36. The zero-order valence-electron chi connectivity index (χ0n) is 17.3. The Balaban J connectivity index is 1.49. The van der Waals surface area contributed by atoms with Gasteiger partial charge < -0.3 is 21.3 Å². The maximum atomic E-state index is 6.00. The maximum absolute atomic E-state index is 6.00. The molecule has 0 unspecified atom stereocenters. The van der Waals surface area contributed by atoms with E-state index >= 15 is 0 Å². The Morgan fingerprint density at radius 1 is 0.967 bits per heavy atom. The summed E-state index contributed by atoms with van der Waals surface area (Å²) in [4.78, 5) is 15.9. The fraction of sp³-hybridized carbons (Fsp3) is 0.435. The van der Waals surface area contributed by atoms with Crippen LogP contribution in [0.25, 0.3) is 22.0 Å². The average molecular weight is 404 g/mol. The van der Waals surface area contributed by atoms with Gasteiger partial charge in [0.25, 0.3) is 0 Å². The first-order valence-corrected chi connectivity index (χ1v) is 11.0. The number of piperazine rings is 1. The monoisotopic (exact) mass is 403 g/mol. The van der Waals surface area contributed by atoms with Crippen LogP contribution in [0.3, 0.4) is 0 Å². The van der Waals surface area contributed by atoms with Crippen molar-refractivity contribution in [2.45, 2.75) is 38.1 Å². The molecule has 5 rings (SSSR count). The number of rotatable bonds is 4. The van der Waals surface area contributed by atoms with Crippen molar-refractivity contribution in [2.24, 2.45) is 0 Å². The number of anilines is 3. The van der Waals surface area contributed by atoms with E-state index in [-0.39, 0.29) is 0 Å². The van der Waals surface area contributed by atoms with Gasteiger partial charge in [-0.05, 0) is 48.2 Å². The van der Waals surface area contributed by atoms with E-state index in [2.05, 4.69) is 54.8 Å². The highest BCUT2D eigenvalue weighted by atomic mass is 15.2. The number of pyridine rings is 1. The predicted molar refractivity (Wildman–Crippen MR) is 123 cm³/mol. The second kappa shape index (κ2) is 8.44. The molecule has 1 aromatic carbocycles. The highest BCUT2D eigenvalue weighted by Crippen LogP contribution is 2.31. The minimum atomic E-state index is 0.318. The van der Waals surface area contributed by atoms with Crippen molar-refractivity contribution in [1.82, 2.24) is 20.3 Å². The second-order valence-electron chi connectivity index (χ2n) is 8.28. The van der Waals surface area contributed by atoms with Crippen LogP contribution in [0.2, 0.25) is 0 Å². The first-order valence-electron chi connectivity index (χ1n) is 11.0. The lowest BCUT2D eigenvalue weighted by molar-refractivity contribution is 0.462. The van der Waals surface area contributed by atoms with Gasteiger partial charge in [-0.25, -0.2) is 9.97 Å². The van der Waals surface area contributed by atoms with Crippen molar-refractivity contribution in [1.29, 1.82) is 0 Å². The second-order valence-corrected chi connectivity index (χ2v) is 8.28. The fourth-order valence-electron chi connectivity index (χ4n) is 4.54. The molecule has 7 heteroatoms. The summed E-state index contributed by atoms with van der Waals surface area (Å²) in [6.45, 7) is 3.96. The summed E-state index contributed by atoms with van der Waals surface area (Å²) in [7, 11) is 0. The molecular weight excluding hydrogens is 374 g/mol. The van der Waals surface area contributed by atoms with Gasteiger partial charge in [0.05, 0.1) is 5.52 Å². The van der Waals surface area contributed by atoms with Crippen molar-refractivity contribution < 1.29 is 0 Å². The van der Waals surface area contributed by atoms with E-state index in [1.165, 1.54) is 32.1 Å². The molecule has 1 aliphatic heterocycles. The molecule has 0 radical (unpaired) electrons. The van der Waals surface area contributed by atoms with E-state index in [1.807, 2.05) is 12.3 Å². The summed E-state index contributed by atoms with van der Waals surface area (Å²) in [5, 5.41) is 8.06. The van der Waals surface area contributed by atoms with Crippen molar-refractivity contribution in [3.63, 3.8) is 0 Å². The third-order valence-corrected chi connectivity index (χ3v) is 6.18. The Hall–Kier alpha value is -2.93. The molecule has 3 aromatic rings. The van der Waals surface area contributed by atoms with Crippen LogP contribution < -0.4 is 21.3 Å². The molecule has 7 nitrogen and oxygen atoms in total. The van der Waals surface area contributed by atoms with Crippen molar-refractivity contribution in [3.8, 4) is 11.1 Å². The zero-order chi connectivity index (χ0) is 20.3. The lowest BCUT2D eigenvalue weighted by atomic mass is 9.95. The van der Waals surface area contributed by atoms with Crippen LogP contribution in [0.5, 0.6) is 0 Å². The molecule has 0 bridgehead atoms. The third kappa shape index (κ3) is 4.03. The van der Waals surface area contributed by atoms with Crippen molar-refractivity contribution in [3.05, 3.63) is 36.5 Å². The van der Waals surface area contributed by atoms with Crippen molar-refractivity contribution in [2.75, 3.05) is 42.1 Å². The standard InChI is InChI=1S/C23H29N7/c24-23-28-20-7-6-16(14-19(20)22(29-23)27-18-4-2-1-3-5-18)17-8-9-26-21(15-17)30-12-10-25-11-13-30/h6-9,14-15,18,25H,1-5,10-13H2,(H3,24,27,28,29). The Morgan fingerprint density at radius 3 is 2.60 bits per heavy atom. The summed E-state index contributed by atoms with van der Waals surface area (Å²) >= 11 is 0. The highest BCUT2D eigenvalue weighted by molar-refractivity contribution is 5.93. The molecule has 0 spiro atoms. The SMILES string of the molecule is Nc1nc(NC2CCCCC2)c2cc(-c3ccnc(N4CCNCC4)c3)ccc2n1. The molecule has 1 saturated heterocycles. The smallest absolute Gasteiger partial charge is 0.222 e.